The molecule has 0 fully saturated rings. The Hall–Kier alpha value is -2.54. The molecule has 0 saturated carbocycles. The smallest absolute Gasteiger partial charge is 0.268 e. The lowest BCUT2D eigenvalue weighted by molar-refractivity contribution is -0.137. The first-order chi connectivity index (χ1) is 13.5. The van der Waals surface area contributed by atoms with Crippen molar-refractivity contribution in [3.05, 3.63) is 69.6 Å². The minimum Gasteiger partial charge on any atom is -0.268 e. The number of benzene rings is 2. The van der Waals surface area contributed by atoms with E-state index in [9.17, 15) is 22.8 Å². The minimum atomic E-state index is -4.57. The highest BCUT2D eigenvalue weighted by atomic mass is 32.2. The summed E-state index contributed by atoms with van der Waals surface area (Å²) in [5.74, 6) is -1.20. The molecule has 2 amide bonds. The molecule has 152 valence electrons. The van der Waals surface area contributed by atoms with Crippen LogP contribution in [0.2, 0.25) is 0 Å². The molecule has 0 aliphatic carbocycles. The summed E-state index contributed by atoms with van der Waals surface area (Å²) >= 11 is 1.24. The number of imide groups is 1. The topological polar surface area (TPSA) is 37.4 Å². The number of alkyl halides is 3. The SMILES string of the molecule is Cc1ccc(C2=C(SC(C)C)C(=O)N(c3cccc(C(F)(F)F)c3)C2=O)c(C)c1. The van der Waals surface area contributed by atoms with Crippen LogP contribution in [0, 0.1) is 13.8 Å². The zero-order valence-corrected chi connectivity index (χ0v) is 17.2. The van der Waals surface area contributed by atoms with Gasteiger partial charge in [-0.05, 0) is 43.2 Å². The molecule has 7 heteroatoms. The number of carbonyl (C=O) groups excluding carboxylic acids is 2. The summed E-state index contributed by atoms with van der Waals surface area (Å²) in [6, 6.07) is 9.82. The fourth-order valence-electron chi connectivity index (χ4n) is 3.24. The number of amides is 2. The number of thioether (sulfide) groups is 1. The van der Waals surface area contributed by atoms with E-state index in [4.69, 9.17) is 0 Å². The predicted octanol–water partition coefficient (Wildman–Crippen LogP) is 5.75. The van der Waals surface area contributed by atoms with Gasteiger partial charge in [-0.2, -0.15) is 13.2 Å². The van der Waals surface area contributed by atoms with Gasteiger partial charge in [0.25, 0.3) is 11.8 Å². The molecular weight excluding hydrogens is 399 g/mol. The molecule has 0 unspecified atom stereocenters. The molecule has 1 aliphatic rings. The third kappa shape index (κ3) is 4.10. The van der Waals surface area contributed by atoms with Crippen LogP contribution >= 0.6 is 11.8 Å². The molecule has 0 radical (unpaired) electrons. The second-order valence-electron chi connectivity index (χ2n) is 7.18. The van der Waals surface area contributed by atoms with E-state index >= 15 is 0 Å². The molecule has 0 atom stereocenters. The Morgan fingerprint density at radius 1 is 0.966 bits per heavy atom. The van der Waals surface area contributed by atoms with Gasteiger partial charge in [0.15, 0.2) is 0 Å². The Morgan fingerprint density at radius 2 is 1.66 bits per heavy atom. The summed E-state index contributed by atoms with van der Waals surface area (Å²) in [7, 11) is 0. The molecule has 3 rings (SSSR count). The monoisotopic (exact) mass is 419 g/mol. The van der Waals surface area contributed by atoms with Crippen LogP contribution < -0.4 is 4.90 Å². The second-order valence-corrected chi connectivity index (χ2v) is 8.77. The van der Waals surface area contributed by atoms with Crippen molar-refractivity contribution in [3.63, 3.8) is 0 Å². The van der Waals surface area contributed by atoms with E-state index in [1.807, 2.05) is 39.8 Å². The number of hydrogen-bond acceptors (Lipinski definition) is 3. The minimum absolute atomic E-state index is 0.0176. The highest BCUT2D eigenvalue weighted by Crippen LogP contribution is 2.41. The van der Waals surface area contributed by atoms with Gasteiger partial charge in [0, 0.05) is 5.25 Å². The lowest BCUT2D eigenvalue weighted by atomic mass is 9.98. The second kappa shape index (κ2) is 7.71. The molecule has 29 heavy (non-hydrogen) atoms. The largest absolute Gasteiger partial charge is 0.416 e. The molecule has 3 nitrogen and oxygen atoms in total. The fourth-order valence-corrected chi connectivity index (χ4v) is 4.22. The van der Waals surface area contributed by atoms with E-state index < -0.39 is 23.6 Å². The van der Waals surface area contributed by atoms with E-state index in [2.05, 4.69) is 0 Å². The third-order valence-electron chi connectivity index (χ3n) is 4.48. The average molecular weight is 419 g/mol. The van der Waals surface area contributed by atoms with Crippen LogP contribution in [0.15, 0.2) is 47.4 Å². The van der Waals surface area contributed by atoms with Crippen LogP contribution in [-0.4, -0.2) is 17.1 Å². The molecule has 2 aromatic rings. The molecule has 0 N–H and O–H groups in total. The zero-order chi connectivity index (χ0) is 21.5. The van der Waals surface area contributed by atoms with Gasteiger partial charge in [-0.25, -0.2) is 4.90 Å². The van der Waals surface area contributed by atoms with Crippen molar-refractivity contribution in [2.45, 2.75) is 39.1 Å². The van der Waals surface area contributed by atoms with Crippen molar-refractivity contribution < 1.29 is 22.8 Å². The van der Waals surface area contributed by atoms with Crippen molar-refractivity contribution in [1.82, 2.24) is 0 Å². The number of nitrogens with zero attached hydrogens (tertiary/aromatic N) is 1. The van der Waals surface area contributed by atoms with Gasteiger partial charge in [0.2, 0.25) is 0 Å². The number of carbonyl (C=O) groups is 2. The molecule has 1 aliphatic heterocycles. The molecule has 0 bridgehead atoms. The molecule has 0 saturated heterocycles. The number of halogens is 3. The van der Waals surface area contributed by atoms with Gasteiger partial charge in [0.05, 0.1) is 21.7 Å². The first kappa shape index (κ1) is 21.2. The van der Waals surface area contributed by atoms with Crippen molar-refractivity contribution in [3.8, 4) is 0 Å². The summed E-state index contributed by atoms with van der Waals surface area (Å²) in [4.78, 5) is 27.5. The Kier molecular flexibility index (Phi) is 5.63. The van der Waals surface area contributed by atoms with Crippen LogP contribution in [0.25, 0.3) is 5.57 Å². The van der Waals surface area contributed by atoms with Crippen molar-refractivity contribution in [2.24, 2.45) is 0 Å². The third-order valence-corrected chi connectivity index (χ3v) is 5.56. The Morgan fingerprint density at radius 3 is 2.24 bits per heavy atom. The highest BCUT2D eigenvalue weighted by molar-refractivity contribution is 8.04. The van der Waals surface area contributed by atoms with E-state index in [-0.39, 0.29) is 21.4 Å². The van der Waals surface area contributed by atoms with Gasteiger partial charge < -0.3 is 0 Å². The quantitative estimate of drug-likeness (QED) is 0.593. The van der Waals surface area contributed by atoms with E-state index in [0.29, 0.717) is 5.56 Å². The van der Waals surface area contributed by atoms with Crippen molar-refractivity contribution in [2.75, 3.05) is 4.90 Å². The molecule has 0 spiro atoms. The first-order valence-corrected chi connectivity index (χ1v) is 9.93. The number of rotatable bonds is 4. The zero-order valence-electron chi connectivity index (χ0n) is 16.4. The fraction of sp³-hybridized carbons (Fsp3) is 0.273. The standard InChI is InChI=1S/C22H20F3NO2S/c1-12(2)29-19-18(17-9-8-13(3)10-14(17)4)20(27)26(21(19)28)16-7-5-6-15(11-16)22(23,24)25/h5-12H,1-4H3. The molecule has 0 aromatic heterocycles. The van der Waals surface area contributed by atoms with E-state index in [0.717, 1.165) is 28.2 Å². The molecule has 1 heterocycles. The molecular formula is C22H20F3NO2S. The van der Waals surface area contributed by atoms with Crippen LogP contribution in [-0.2, 0) is 15.8 Å². The summed E-state index contributed by atoms with van der Waals surface area (Å²) in [5, 5.41) is 0.0176. The lowest BCUT2D eigenvalue weighted by Crippen LogP contribution is -2.31. The van der Waals surface area contributed by atoms with Gasteiger partial charge in [-0.15, -0.1) is 11.8 Å². The summed E-state index contributed by atoms with van der Waals surface area (Å²) in [6.45, 7) is 7.55. The van der Waals surface area contributed by atoms with Gasteiger partial charge in [-0.3, -0.25) is 9.59 Å². The average Bonchev–Trinajstić information content (AvgIpc) is 2.84. The first-order valence-electron chi connectivity index (χ1n) is 9.05. The van der Waals surface area contributed by atoms with E-state index in [1.54, 1.807) is 6.07 Å². The molecule has 2 aromatic carbocycles. The van der Waals surface area contributed by atoms with Gasteiger partial charge in [0.1, 0.15) is 0 Å². The Balaban J connectivity index is 2.14. The van der Waals surface area contributed by atoms with Crippen molar-refractivity contribution in [1.29, 1.82) is 0 Å². The van der Waals surface area contributed by atoms with Crippen molar-refractivity contribution >= 4 is 34.8 Å². The maximum atomic E-state index is 13.3. The maximum Gasteiger partial charge on any atom is 0.416 e. The van der Waals surface area contributed by atoms with Gasteiger partial charge >= 0.3 is 6.18 Å². The van der Waals surface area contributed by atoms with Crippen LogP contribution in [0.1, 0.15) is 36.1 Å². The normalized spacial score (nSPS) is 15.1. The highest BCUT2D eigenvalue weighted by Gasteiger charge is 2.41. The van der Waals surface area contributed by atoms with Crippen LogP contribution in [0.4, 0.5) is 18.9 Å². The Labute approximate surface area is 171 Å². The summed E-state index contributed by atoms with van der Waals surface area (Å²) in [6.07, 6.45) is -4.57. The van der Waals surface area contributed by atoms with Crippen LogP contribution in [0.3, 0.4) is 0 Å². The van der Waals surface area contributed by atoms with Crippen LogP contribution in [0.5, 0.6) is 0 Å². The van der Waals surface area contributed by atoms with E-state index in [1.165, 1.54) is 23.9 Å². The predicted molar refractivity (Wildman–Crippen MR) is 110 cm³/mol. The lowest BCUT2D eigenvalue weighted by Gasteiger charge is -2.17. The number of aryl methyl sites for hydroxylation is 2. The Bertz CT molecular complexity index is 1020. The number of anilines is 1. The summed E-state index contributed by atoms with van der Waals surface area (Å²) in [5.41, 5.74) is 1.70. The summed E-state index contributed by atoms with van der Waals surface area (Å²) < 4.78 is 39.4. The maximum absolute atomic E-state index is 13.3. The van der Waals surface area contributed by atoms with Gasteiger partial charge in [-0.1, -0.05) is 43.7 Å². The number of hydrogen-bond donors (Lipinski definition) is 0.